The Hall–Kier alpha value is -4.55. The van der Waals surface area contributed by atoms with Crippen molar-refractivity contribution >= 4 is 23.8 Å². The SMILES string of the molecule is COc1cc2c(cc1OCCCOc1c(OC)cc3c(c1F)C(C)N(C(=O)C[C@H](C)C(=O)O)C3)CN(C(=O)C[C@H](C)C(=O)O)C2. The molecule has 2 N–H and O–H groups in total. The molecule has 12 nitrogen and oxygen atoms in total. The third-order valence-electron chi connectivity index (χ3n) is 8.24. The maximum Gasteiger partial charge on any atom is 0.306 e. The van der Waals surface area contributed by atoms with E-state index >= 15 is 4.39 Å². The van der Waals surface area contributed by atoms with Crippen LogP contribution >= 0.6 is 0 Å². The minimum atomic E-state index is -1.07. The number of aliphatic carboxylic acids is 2. The average molecular weight is 631 g/mol. The molecule has 2 aliphatic heterocycles. The minimum absolute atomic E-state index is 0.0756. The van der Waals surface area contributed by atoms with Crippen molar-refractivity contribution in [2.24, 2.45) is 11.8 Å². The molecule has 13 heteroatoms. The molecule has 0 saturated heterocycles. The second-order valence-corrected chi connectivity index (χ2v) is 11.5. The van der Waals surface area contributed by atoms with Crippen LogP contribution < -0.4 is 18.9 Å². The third-order valence-corrected chi connectivity index (χ3v) is 8.24. The summed E-state index contributed by atoms with van der Waals surface area (Å²) in [6, 6.07) is 4.64. The molecular weight excluding hydrogens is 591 g/mol. The molecule has 0 radical (unpaired) electrons. The largest absolute Gasteiger partial charge is 0.493 e. The van der Waals surface area contributed by atoms with Gasteiger partial charge in [0.25, 0.3) is 0 Å². The lowest BCUT2D eigenvalue weighted by Crippen LogP contribution is -2.31. The fourth-order valence-electron chi connectivity index (χ4n) is 5.54. The van der Waals surface area contributed by atoms with E-state index in [1.165, 1.54) is 33.0 Å². The van der Waals surface area contributed by atoms with Gasteiger partial charge in [-0.05, 0) is 41.8 Å². The summed E-state index contributed by atoms with van der Waals surface area (Å²) < 4.78 is 38.4. The molecule has 0 spiro atoms. The van der Waals surface area contributed by atoms with Gasteiger partial charge in [-0.15, -0.1) is 0 Å². The van der Waals surface area contributed by atoms with Crippen LogP contribution in [0.15, 0.2) is 18.2 Å². The molecule has 0 aromatic heterocycles. The van der Waals surface area contributed by atoms with Gasteiger partial charge in [-0.25, -0.2) is 4.39 Å². The van der Waals surface area contributed by atoms with Gasteiger partial charge in [-0.3, -0.25) is 19.2 Å². The quantitative estimate of drug-likeness (QED) is 0.291. The second kappa shape index (κ2) is 14.0. The zero-order valence-electron chi connectivity index (χ0n) is 26.1. The molecule has 2 aromatic carbocycles. The number of carboxylic acids is 2. The second-order valence-electron chi connectivity index (χ2n) is 11.5. The number of rotatable bonds is 14. The number of carbonyl (C=O) groups is 4. The van der Waals surface area contributed by atoms with Gasteiger partial charge in [-0.1, -0.05) is 13.8 Å². The number of ether oxygens (including phenoxy) is 4. The van der Waals surface area contributed by atoms with Crippen molar-refractivity contribution in [1.29, 1.82) is 0 Å². The summed E-state index contributed by atoms with van der Waals surface area (Å²) in [6.45, 7) is 5.78. The van der Waals surface area contributed by atoms with E-state index in [-0.39, 0.29) is 55.9 Å². The minimum Gasteiger partial charge on any atom is -0.493 e. The van der Waals surface area contributed by atoms with Gasteiger partial charge in [0, 0.05) is 44.5 Å². The first-order valence-corrected chi connectivity index (χ1v) is 14.7. The van der Waals surface area contributed by atoms with E-state index in [9.17, 15) is 19.2 Å². The van der Waals surface area contributed by atoms with E-state index in [0.29, 0.717) is 42.1 Å². The predicted molar refractivity (Wildman–Crippen MR) is 158 cm³/mol. The van der Waals surface area contributed by atoms with Crippen LogP contribution in [-0.2, 0) is 38.8 Å². The molecule has 2 aromatic rings. The number of halogens is 1. The van der Waals surface area contributed by atoms with Gasteiger partial charge in [0.2, 0.25) is 11.8 Å². The third kappa shape index (κ3) is 7.23. The molecule has 45 heavy (non-hydrogen) atoms. The number of benzene rings is 2. The lowest BCUT2D eigenvalue weighted by atomic mass is 10.0. The van der Waals surface area contributed by atoms with Crippen LogP contribution in [0.25, 0.3) is 0 Å². The number of amides is 2. The normalized spacial score (nSPS) is 16.4. The number of methoxy groups -OCH3 is 2. The number of fused-ring (bicyclic) bond motifs is 2. The number of hydrogen-bond donors (Lipinski definition) is 2. The molecule has 0 bridgehead atoms. The summed E-state index contributed by atoms with van der Waals surface area (Å²) in [5.41, 5.74) is 2.65. The van der Waals surface area contributed by atoms with Gasteiger partial charge in [0.05, 0.1) is 45.3 Å². The molecule has 2 aliphatic rings. The van der Waals surface area contributed by atoms with Crippen LogP contribution in [0, 0.1) is 17.7 Å². The van der Waals surface area contributed by atoms with Crippen molar-refractivity contribution in [2.45, 2.75) is 65.7 Å². The van der Waals surface area contributed by atoms with Crippen LogP contribution in [-0.4, -0.2) is 71.2 Å². The van der Waals surface area contributed by atoms with E-state index in [2.05, 4.69) is 0 Å². The van der Waals surface area contributed by atoms with Gasteiger partial charge in [-0.2, -0.15) is 0 Å². The molecule has 244 valence electrons. The highest BCUT2D eigenvalue weighted by Gasteiger charge is 2.36. The zero-order valence-corrected chi connectivity index (χ0v) is 26.1. The summed E-state index contributed by atoms with van der Waals surface area (Å²) in [5.74, 6) is -3.89. The predicted octanol–water partition coefficient (Wildman–Crippen LogP) is 4.16. The summed E-state index contributed by atoms with van der Waals surface area (Å²) in [5, 5.41) is 18.3. The van der Waals surface area contributed by atoms with Crippen LogP contribution in [0.1, 0.15) is 68.3 Å². The van der Waals surface area contributed by atoms with Crippen molar-refractivity contribution in [1.82, 2.24) is 9.80 Å². The highest BCUT2D eigenvalue weighted by atomic mass is 19.1. The summed E-state index contributed by atoms with van der Waals surface area (Å²) in [4.78, 5) is 50.8. The molecule has 0 saturated carbocycles. The van der Waals surface area contributed by atoms with E-state index in [1.54, 1.807) is 30.0 Å². The Balaban J connectivity index is 1.36. The Kier molecular flexibility index (Phi) is 10.4. The molecule has 4 rings (SSSR count). The smallest absolute Gasteiger partial charge is 0.306 e. The van der Waals surface area contributed by atoms with Gasteiger partial charge in [0.1, 0.15) is 0 Å². The van der Waals surface area contributed by atoms with Crippen LogP contribution in [0.3, 0.4) is 0 Å². The summed E-state index contributed by atoms with van der Waals surface area (Å²) in [7, 11) is 2.91. The van der Waals surface area contributed by atoms with Crippen LogP contribution in [0.2, 0.25) is 0 Å². The maximum atomic E-state index is 15.8. The number of nitrogens with zero attached hydrogens (tertiary/aromatic N) is 2. The fourth-order valence-corrected chi connectivity index (χ4v) is 5.54. The van der Waals surface area contributed by atoms with Crippen molar-refractivity contribution in [3.05, 3.63) is 46.3 Å². The van der Waals surface area contributed by atoms with E-state index < -0.39 is 35.6 Å². The first-order chi connectivity index (χ1) is 21.4. The Bertz CT molecular complexity index is 1480. The lowest BCUT2D eigenvalue weighted by molar-refractivity contribution is -0.146. The molecule has 3 atom stereocenters. The van der Waals surface area contributed by atoms with Gasteiger partial charge in [0.15, 0.2) is 28.8 Å². The van der Waals surface area contributed by atoms with Crippen LogP contribution in [0.4, 0.5) is 4.39 Å². The molecule has 1 unspecified atom stereocenters. The van der Waals surface area contributed by atoms with Crippen molar-refractivity contribution in [3.63, 3.8) is 0 Å². The summed E-state index contributed by atoms with van der Waals surface area (Å²) in [6.07, 6.45) is 0.110. The Morgan fingerprint density at radius 3 is 1.93 bits per heavy atom. The standard InChI is InChI=1S/C32H39FN2O10/c1-17(31(38)39)9-26(36)34-14-20-11-23(42-4)24(12-21(20)15-34)44-7-6-8-45-30-25(43-5)13-22-16-35(19(3)28(22)29(30)33)27(37)10-18(2)32(40)41/h11-13,17-19H,6-10,14-16H2,1-5H3,(H,38,39)(H,40,41)/t17-,18-,19?/m0/s1. The molecule has 2 heterocycles. The molecule has 0 aliphatic carbocycles. The highest BCUT2D eigenvalue weighted by Crippen LogP contribution is 2.44. The van der Waals surface area contributed by atoms with Crippen molar-refractivity contribution < 1.29 is 52.7 Å². The maximum absolute atomic E-state index is 15.8. The van der Waals surface area contributed by atoms with Gasteiger partial charge >= 0.3 is 11.9 Å². The Morgan fingerprint density at radius 2 is 1.36 bits per heavy atom. The fraction of sp³-hybridized carbons (Fsp3) is 0.500. The average Bonchev–Trinajstić information content (AvgIpc) is 3.57. The monoisotopic (exact) mass is 630 g/mol. The molecule has 2 amide bonds. The lowest BCUT2D eigenvalue weighted by Gasteiger charge is -2.23. The van der Waals surface area contributed by atoms with E-state index in [4.69, 9.17) is 29.2 Å². The Morgan fingerprint density at radius 1 is 0.822 bits per heavy atom. The van der Waals surface area contributed by atoms with E-state index in [1.807, 2.05) is 0 Å². The zero-order chi connectivity index (χ0) is 33.0. The Labute approximate surface area is 260 Å². The molecular formula is C32H39FN2O10. The van der Waals surface area contributed by atoms with Crippen molar-refractivity contribution in [2.75, 3.05) is 27.4 Å². The highest BCUT2D eigenvalue weighted by molar-refractivity contribution is 5.83. The number of carboxylic acid groups (broad SMARTS) is 2. The molecule has 0 fully saturated rings. The topological polar surface area (TPSA) is 152 Å². The number of hydrogen-bond acceptors (Lipinski definition) is 8. The van der Waals surface area contributed by atoms with Gasteiger partial charge < -0.3 is 39.0 Å². The van der Waals surface area contributed by atoms with Crippen LogP contribution in [0.5, 0.6) is 23.0 Å². The first-order valence-electron chi connectivity index (χ1n) is 14.7. The number of carbonyl (C=O) groups excluding carboxylic acids is 2. The van der Waals surface area contributed by atoms with E-state index in [0.717, 1.165) is 11.1 Å². The van der Waals surface area contributed by atoms with Crippen molar-refractivity contribution in [3.8, 4) is 23.0 Å². The summed E-state index contributed by atoms with van der Waals surface area (Å²) >= 11 is 0. The first kappa shape index (κ1) is 33.3.